The number of likely N-dealkylation sites (tertiary alicyclic amines) is 1. The van der Waals surface area contributed by atoms with Crippen LogP contribution in [0.25, 0.3) is 6.08 Å². The molecule has 164 valence electrons. The Kier molecular flexibility index (Phi) is 7.47. The van der Waals surface area contributed by atoms with Crippen molar-refractivity contribution in [2.75, 3.05) is 13.1 Å². The van der Waals surface area contributed by atoms with E-state index in [4.69, 9.17) is 4.74 Å². The summed E-state index contributed by atoms with van der Waals surface area (Å²) in [7, 11) is 0. The third-order valence-corrected chi connectivity index (χ3v) is 5.26. The van der Waals surface area contributed by atoms with Crippen LogP contribution >= 0.6 is 0 Å². The second-order valence-electron chi connectivity index (χ2n) is 7.89. The van der Waals surface area contributed by atoms with Crippen LogP contribution in [0.4, 0.5) is 4.79 Å². The van der Waals surface area contributed by atoms with Gasteiger partial charge in [0, 0.05) is 31.5 Å². The number of hydrogen-bond donors (Lipinski definition) is 1. The van der Waals surface area contributed by atoms with E-state index in [1.165, 1.54) is 5.57 Å². The Balaban J connectivity index is 0.000000354. The largest absolute Gasteiger partial charge is 0.437 e. The Hall–Kier alpha value is -3.67. The van der Waals surface area contributed by atoms with Gasteiger partial charge in [-0.2, -0.15) is 0 Å². The van der Waals surface area contributed by atoms with Crippen LogP contribution in [0.1, 0.15) is 31.2 Å². The molecule has 2 heterocycles. The first-order valence-electron chi connectivity index (χ1n) is 11.0. The number of benzene rings is 2. The number of amides is 2. The Morgan fingerprint density at radius 1 is 1.00 bits per heavy atom. The molecule has 6 heteroatoms. The van der Waals surface area contributed by atoms with Crippen LogP contribution in [0, 0.1) is 0 Å². The number of carbonyl (C=O) groups excluding carboxylic acids is 1. The van der Waals surface area contributed by atoms with Crippen molar-refractivity contribution in [3.8, 4) is 11.6 Å². The van der Waals surface area contributed by atoms with Gasteiger partial charge in [0.2, 0.25) is 5.88 Å². The van der Waals surface area contributed by atoms with Gasteiger partial charge in [0.25, 0.3) is 0 Å². The summed E-state index contributed by atoms with van der Waals surface area (Å²) in [6.07, 6.45) is 11.1. The average Bonchev–Trinajstić information content (AvgIpc) is 3.66. The van der Waals surface area contributed by atoms with Crippen LogP contribution in [0.15, 0.2) is 84.8 Å². The molecule has 2 amide bonds. The highest BCUT2D eigenvalue weighted by Gasteiger charge is 2.27. The molecule has 3 aromatic rings. The first-order chi connectivity index (χ1) is 15.8. The maximum absolute atomic E-state index is 12.1. The Morgan fingerprint density at radius 3 is 2.34 bits per heavy atom. The van der Waals surface area contributed by atoms with E-state index in [0.29, 0.717) is 11.9 Å². The molecular formula is C26H28N4O2. The lowest BCUT2D eigenvalue weighted by molar-refractivity contribution is 0.193. The van der Waals surface area contributed by atoms with Gasteiger partial charge in [-0.25, -0.2) is 9.78 Å². The summed E-state index contributed by atoms with van der Waals surface area (Å²) in [6, 6.07) is 20.4. The molecule has 0 unspecified atom stereocenters. The second-order valence-corrected chi connectivity index (χ2v) is 7.89. The minimum Gasteiger partial charge on any atom is -0.437 e. The van der Waals surface area contributed by atoms with E-state index in [-0.39, 0.29) is 6.03 Å². The van der Waals surface area contributed by atoms with Crippen molar-refractivity contribution in [3.63, 3.8) is 0 Å². The van der Waals surface area contributed by atoms with E-state index >= 15 is 0 Å². The highest BCUT2D eigenvalue weighted by Crippen LogP contribution is 2.24. The molecule has 0 spiro atoms. The predicted molar refractivity (Wildman–Crippen MR) is 125 cm³/mol. The van der Waals surface area contributed by atoms with Gasteiger partial charge in [-0.15, -0.1) is 0 Å². The summed E-state index contributed by atoms with van der Waals surface area (Å²) < 4.78 is 5.74. The molecule has 1 aliphatic carbocycles. The summed E-state index contributed by atoms with van der Waals surface area (Å²) >= 11 is 0. The van der Waals surface area contributed by atoms with Crippen molar-refractivity contribution in [3.05, 3.63) is 90.4 Å². The van der Waals surface area contributed by atoms with Gasteiger partial charge < -0.3 is 15.0 Å². The topological polar surface area (TPSA) is 67.4 Å². The normalized spacial score (nSPS) is 15.2. The number of rotatable bonds is 4. The Morgan fingerprint density at radius 2 is 1.72 bits per heavy atom. The number of hydrogen-bond acceptors (Lipinski definition) is 4. The molecule has 2 aliphatic rings. The average molecular weight is 429 g/mol. The lowest BCUT2D eigenvalue weighted by Crippen LogP contribution is -2.43. The summed E-state index contributed by atoms with van der Waals surface area (Å²) in [5.41, 5.74) is 2.45. The lowest BCUT2D eigenvalue weighted by atomic mass is 10.0. The zero-order valence-corrected chi connectivity index (χ0v) is 18.1. The summed E-state index contributed by atoms with van der Waals surface area (Å²) in [4.78, 5) is 22.1. The van der Waals surface area contributed by atoms with Gasteiger partial charge in [0.05, 0.1) is 6.20 Å². The number of nitrogens with one attached hydrogen (secondary N) is 1. The van der Waals surface area contributed by atoms with Gasteiger partial charge in [0.15, 0.2) is 0 Å². The second kappa shape index (κ2) is 11.1. The molecule has 5 rings (SSSR count). The van der Waals surface area contributed by atoms with E-state index in [0.717, 1.165) is 50.1 Å². The van der Waals surface area contributed by atoms with Crippen molar-refractivity contribution in [1.29, 1.82) is 0 Å². The van der Waals surface area contributed by atoms with Crippen molar-refractivity contribution in [1.82, 2.24) is 20.2 Å². The molecule has 1 N–H and O–H groups in total. The van der Waals surface area contributed by atoms with E-state index in [9.17, 15) is 4.79 Å². The molecule has 0 radical (unpaired) electrons. The number of piperidine rings is 1. The smallest absolute Gasteiger partial charge is 0.317 e. The number of nitrogens with zero attached hydrogens (tertiary/aromatic N) is 3. The maximum Gasteiger partial charge on any atom is 0.317 e. The Labute approximate surface area is 189 Å². The molecule has 2 aromatic carbocycles. The minimum atomic E-state index is 0.0888. The van der Waals surface area contributed by atoms with E-state index in [1.807, 2.05) is 59.5 Å². The van der Waals surface area contributed by atoms with Crippen molar-refractivity contribution in [2.45, 2.75) is 31.7 Å². The molecule has 1 saturated heterocycles. The highest BCUT2D eigenvalue weighted by atomic mass is 16.5. The van der Waals surface area contributed by atoms with E-state index in [1.54, 1.807) is 18.6 Å². The molecule has 0 bridgehead atoms. The monoisotopic (exact) mass is 428 g/mol. The van der Waals surface area contributed by atoms with E-state index in [2.05, 4.69) is 27.4 Å². The minimum absolute atomic E-state index is 0.0888. The fourth-order valence-corrected chi connectivity index (χ4v) is 3.38. The van der Waals surface area contributed by atoms with Crippen LogP contribution in [-0.4, -0.2) is 40.0 Å². The first-order valence-corrected chi connectivity index (χ1v) is 11.0. The third-order valence-electron chi connectivity index (χ3n) is 5.26. The SMILES string of the molecule is O=C(NC1CC1)N1CCC(=Cc2cccc(Oc3cnccn3)c2)CC1.c1ccccc1. The van der Waals surface area contributed by atoms with Gasteiger partial charge in [-0.3, -0.25) is 4.98 Å². The number of urea groups is 1. The molecule has 32 heavy (non-hydrogen) atoms. The van der Waals surface area contributed by atoms with Crippen molar-refractivity contribution in [2.24, 2.45) is 0 Å². The van der Waals surface area contributed by atoms with Crippen molar-refractivity contribution < 1.29 is 9.53 Å². The van der Waals surface area contributed by atoms with E-state index < -0.39 is 0 Å². The molecule has 0 atom stereocenters. The van der Waals surface area contributed by atoms with Crippen molar-refractivity contribution >= 4 is 12.1 Å². The highest BCUT2D eigenvalue weighted by molar-refractivity contribution is 5.75. The predicted octanol–water partition coefficient (Wildman–Crippen LogP) is 5.31. The van der Waals surface area contributed by atoms with Crippen LogP contribution in [-0.2, 0) is 0 Å². The summed E-state index contributed by atoms with van der Waals surface area (Å²) in [6.45, 7) is 1.56. The third kappa shape index (κ3) is 6.94. The molecule has 1 saturated carbocycles. The van der Waals surface area contributed by atoms with Gasteiger partial charge in [-0.05, 0) is 43.4 Å². The Bertz CT molecular complexity index is 984. The standard InChI is InChI=1S/C20H22N4O2.C6H6/c25-20(23-17-4-5-17)24-10-6-15(7-11-24)12-16-2-1-3-18(13-16)26-19-14-21-8-9-22-19;1-2-4-6-5-3-1/h1-3,8-9,12-14,17H,4-7,10-11H2,(H,23,25);1-6H. The van der Waals surface area contributed by atoms with Crippen LogP contribution in [0.5, 0.6) is 11.6 Å². The van der Waals surface area contributed by atoms with Gasteiger partial charge in [0.1, 0.15) is 5.75 Å². The first kappa shape index (κ1) is 21.6. The van der Waals surface area contributed by atoms with Crippen LogP contribution in [0.3, 0.4) is 0 Å². The summed E-state index contributed by atoms with van der Waals surface area (Å²) in [5.74, 6) is 1.22. The van der Waals surface area contributed by atoms with Crippen LogP contribution < -0.4 is 10.1 Å². The van der Waals surface area contributed by atoms with Crippen LogP contribution in [0.2, 0.25) is 0 Å². The fraction of sp³-hybridized carbons (Fsp3) is 0.269. The number of carbonyl (C=O) groups is 1. The molecular weight excluding hydrogens is 400 g/mol. The molecule has 1 aliphatic heterocycles. The summed E-state index contributed by atoms with van der Waals surface area (Å²) in [5, 5.41) is 3.06. The van der Waals surface area contributed by atoms with Gasteiger partial charge >= 0.3 is 6.03 Å². The molecule has 1 aromatic heterocycles. The molecule has 6 nitrogen and oxygen atoms in total. The fourth-order valence-electron chi connectivity index (χ4n) is 3.38. The maximum atomic E-state index is 12.1. The quantitative estimate of drug-likeness (QED) is 0.612. The zero-order valence-electron chi connectivity index (χ0n) is 18.1. The lowest BCUT2D eigenvalue weighted by Gasteiger charge is -2.28. The number of aromatic nitrogens is 2. The zero-order chi connectivity index (χ0) is 22.0. The molecule has 2 fully saturated rings. The number of ether oxygens (including phenoxy) is 1. The van der Waals surface area contributed by atoms with Gasteiger partial charge in [-0.1, -0.05) is 60.2 Å².